The fourth-order valence-corrected chi connectivity index (χ4v) is 0. The molecule has 28 valence electrons. The molecule has 0 aromatic rings. The van der Waals surface area contributed by atoms with Gasteiger partial charge in [-0.3, -0.25) is 0 Å². The molecule has 0 rings (SSSR count). The first-order valence-electron chi connectivity index (χ1n) is 0.655. The molecular formula is H2AlCaF3. The van der Waals surface area contributed by atoms with Gasteiger partial charge in [-0.2, -0.15) is 0 Å². The number of hydrogen-bond donors (Lipinski definition) is 0. The quantitative estimate of drug-likeness (QED) is 0.399. The third-order valence-corrected chi connectivity index (χ3v) is 0. The molecule has 5 heavy (non-hydrogen) atoms. The Hall–Kier alpha value is 1.58. The summed E-state index contributed by atoms with van der Waals surface area (Å²) in [5, 5.41) is 0. The van der Waals surface area contributed by atoms with Crippen LogP contribution in [0.4, 0.5) is 10.6 Å². The maximum absolute atomic E-state index is 9.81. The summed E-state index contributed by atoms with van der Waals surface area (Å²) >= 11 is -4.64. The molecule has 0 saturated carbocycles. The fourth-order valence-electron chi connectivity index (χ4n) is 0. The van der Waals surface area contributed by atoms with Crippen LogP contribution in [0.1, 0.15) is 0 Å². The molecule has 0 amide bonds. The first kappa shape index (κ1) is 9.77. The van der Waals surface area contributed by atoms with Gasteiger partial charge in [-0.1, -0.05) is 0 Å². The van der Waals surface area contributed by atoms with E-state index in [-0.39, 0.29) is 37.7 Å². The minimum absolute atomic E-state index is 0. The van der Waals surface area contributed by atoms with Crippen molar-refractivity contribution in [3.63, 3.8) is 0 Å². The Labute approximate surface area is 63.2 Å². The predicted octanol–water partition coefficient (Wildman–Crippen LogP) is -0.0364. The van der Waals surface area contributed by atoms with Crippen molar-refractivity contribution in [3.05, 3.63) is 0 Å². The molecule has 0 N–H and O–H groups in total. The van der Waals surface area contributed by atoms with Crippen molar-refractivity contribution in [2.24, 2.45) is 0 Å². The van der Waals surface area contributed by atoms with Gasteiger partial charge in [-0.25, -0.2) is 0 Å². The summed E-state index contributed by atoms with van der Waals surface area (Å²) in [5.41, 5.74) is 0. The van der Waals surface area contributed by atoms with Crippen molar-refractivity contribution in [1.29, 1.82) is 0 Å². The van der Waals surface area contributed by atoms with Crippen molar-refractivity contribution >= 4 is 53.3 Å². The van der Waals surface area contributed by atoms with Gasteiger partial charge in [-0.05, 0) is 0 Å². The van der Waals surface area contributed by atoms with Crippen LogP contribution in [-0.2, 0) is 0 Å². The van der Waals surface area contributed by atoms with Gasteiger partial charge in [0.2, 0.25) is 0 Å². The van der Waals surface area contributed by atoms with Crippen molar-refractivity contribution < 1.29 is 10.6 Å². The maximum Gasteiger partial charge on any atom is 1.04 e. The van der Waals surface area contributed by atoms with Gasteiger partial charge in [0, 0.05) is 0 Å². The van der Waals surface area contributed by atoms with E-state index in [2.05, 4.69) is 0 Å². The minimum atomic E-state index is -4.64. The summed E-state index contributed by atoms with van der Waals surface area (Å²) in [6.45, 7) is 0. The Morgan fingerprint density at radius 3 is 1.00 bits per heavy atom. The van der Waals surface area contributed by atoms with E-state index in [1.165, 1.54) is 0 Å². The van der Waals surface area contributed by atoms with Crippen LogP contribution in [0.5, 0.6) is 0 Å². The Morgan fingerprint density at radius 2 is 1.00 bits per heavy atom. The third kappa shape index (κ3) is 28.6. The van der Waals surface area contributed by atoms with Crippen LogP contribution >= 0.6 is 0 Å². The zero-order valence-corrected chi connectivity index (χ0v) is 2.87. The number of hydrogen-bond acceptors (Lipinski definition) is 0. The molecule has 0 aromatic heterocycles. The van der Waals surface area contributed by atoms with E-state index >= 15 is 0 Å². The molecule has 0 aliphatic carbocycles. The van der Waals surface area contributed by atoms with E-state index in [0.717, 1.165) is 0 Å². The molecular weight excluding hydrogens is 124 g/mol. The Bertz CT molecular complexity index is 11.6. The monoisotopic (exact) mass is 126 g/mol. The van der Waals surface area contributed by atoms with Crippen molar-refractivity contribution in [2.45, 2.75) is 0 Å². The van der Waals surface area contributed by atoms with E-state index in [0.29, 0.717) is 0 Å². The van der Waals surface area contributed by atoms with E-state index in [1.54, 1.807) is 0 Å². The van der Waals surface area contributed by atoms with Crippen LogP contribution in [0, 0.1) is 0 Å². The van der Waals surface area contributed by atoms with E-state index in [4.69, 9.17) is 0 Å². The third-order valence-electron chi connectivity index (χ3n) is 0. The Balaban J connectivity index is 0. The summed E-state index contributed by atoms with van der Waals surface area (Å²) in [7, 11) is 0. The molecule has 0 atom stereocenters. The number of halogens is 3. The smallest absolute Gasteiger partial charge is 0.346 e. The van der Waals surface area contributed by atoms with Crippen LogP contribution in [-0.4, -0.2) is 53.3 Å². The summed E-state index contributed by atoms with van der Waals surface area (Å²) in [6, 6.07) is 0. The van der Waals surface area contributed by atoms with Gasteiger partial charge in [0.05, 0.1) is 0 Å². The average molecular weight is 126 g/mol. The molecule has 0 aromatic carbocycles. The van der Waals surface area contributed by atoms with Gasteiger partial charge in [0.15, 0.2) is 0 Å². The minimum Gasteiger partial charge on any atom is -0.346 e. The van der Waals surface area contributed by atoms with Crippen LogP contribution in [0.2, 0.25) is 0 Å². The van der Waals surface area contributed by atoms with Gasteiger partial charge in [0.25, 0.3) is 0 Å². The average Bonchev–Trinajstić information content (AvgIpc) is 0.811. The molecule has 0 spiro atoms. The first-order chi connectivity index (χ1) is 1.73. The van der Waals surface area contributed by atoms with Crippen LogP contribution in [0.25, 0.3) is 0 Å². The normalized spacial score (nSPS) is 5.40. The second-order valence-electron chi connectivity index (χ2n) is 0.247. The summed E-state index contributed by atoms with van der Waals surface area (Å²) in [5.74, 6) is 0. The molecule has 0 radical (unpaired) electrons. The molecule has 0 fully saturated rings. The zero-order valence-electron chi connectivity index (χ0n) is 1.71. The van der Waals surface area contributed by atoms with Crippen LogP contribution in [0.3, 0.4) is 0 Å². The predicted molar refractivity (Wildman–Crippen MR) is 17.6 cm³/mol. The van der Waals surface area contributed by atoms with Crippen molar-refractivity contribution in [3.8, 4) is 0 Å². The molecule has 0 unspecified atom stereocenters. The second kappa shape index (κ2) is 5.58. The van der Waals surface area contributed by atoms with Gasteiger partial charge in [-0.15, -0.1) is 0 Å². The van der Waals surface area contributed by atoms with Crippen molar-refractivity contribution in [1.82, 2.24) is 0 Å². The topological polar surface area (TPSA) is 0 Å². The van der Waals surface area contributed by atoms with E-state index < -0.39 is 15.5 Å². The van der Waals surface area contributed by atoms with Crippen LogP contribution < -0.4 is 0 Å². The van der Waals surface area contributed by atoms with Gasteiger partial charge < -0.3 is 10.6 Å². The fraction of sp³-hybridized carbons (Fsp3) is 0. The second-order valence-corrected chi connectivity index (χ2v) is 0.742. The van der Waals surface area contributed by atoms with Crippen molar-refractivity contribution in [2.75, 3.05) is 0 Å². The number of rotatable bonds is 0. The zero-order chi connectivity index (χ0) is 3.58. The molecule has 0 nitrogen and oxygen atoms in total. The Kier molecular flexibility index (Phi) is 10.9. The molecule has 0 aliphatic rings. The standard InChI is InChI=1S/Al.Ca.3FH.2H/h;;3*1H;;/q+3;;;;;;/p-3. The molecule has 0 saturated heterocycles. The van der Waals surface area contributed by atoms with Gasteiger partial charge in [0.1, 0.15) is 0 Å². The molecule has 0 bridgehead atoms. The largest absolute Gasteiger partial charge is 1.04 e. The summed E-state index contributed by atoms with van der Waals surface area (Å²) in [6.07, 6.45) is 0. The van der Waals surface area contributed by atoms with E-state index in [9.17, 15) is 10.6 Å². The summed E-state index contributed by atoms with van der Waals surface area (Å²) in [4.78, 5) is 0. The molecule has 0 heterocycles. The summed E-state index contributed by atoms with van der Waals surface area (Å²) < 4.78 is 29.4. The Morgan fingerprint density at radius 1 is 1.00 bits per heavy atom. The molecule has 0 aliphatic heterocycles. The van der Waals surface area contributed by atoms with Crippen LogP contribution in [0.15, 0.2) is 0 Å². The van der Waals surface area contributed by atoms with Gasteiger partial charge >= 0.3 is 53.3 Å². The van der Waals surface area contributed by atoms with E-state index in [1.807, 2.05) is 0 Å². The molecule has 5 heteroatoms. The SMILES string of the molecule is [CaH2].[F][Al]([F])[F]. The first-order valence-corrected chi connectivity index (χ1v) is 1.96. The maximum atomic E-state index is 9.81.